The zero-order valence-corrected chi connectivity index (χ0v) is 17.1. The maximum absolute atomic E-state index is 14.3. The van der Waals surface area contributed by atoms with E-state index in [0.29, 0.717) is 6.54 Å². The zero-order valence-electron chi connectivity index (χ0n) is 17.1. The van der Waals surface area contributed by atoms with Gasteiger partial charge in [-0.05, 0) is 48.4 Å². The third-order valence-electron chi connectivity index (χ3n) is 5.70. The summed E-state index contributed by atoms with van der Waals surface area (Å²) in [6.07, 6.45) is 2.02. The number of aromatic nitrogens is 1. The number of halogens is 1. The number of para-hydroxylation sites is 2. The summed E-state index contributed by atoms with van der Waals surface area (Å²) < 4.78 is 16.4. The SMILES string of the molecule is Cc1cccc([C@@H]2c3cccn3-c3ccccc3CN2C(=O)Nc2ccccc2F)c1. The molecule has 0 spiro atoms. The van der Waals surface area contributed by atoms with Crippen LogP contribution in [0.4, 0.5) is 14.9 Å². The van der Waals surface area contributed by atoms with Crippen molar-refractivity contribution in [2.75, 3.05) is 5.32 Å². The van der Waals surface area contributed by atoms with Gasteiger partial charge in [0, 0.05) is 11.9 Å². The number of urea groups is 1. The predicted molar refractivity (Wildman–Crippen MR) is 120 cm³/mol. The van der Waals surface area contributed by atoms with Gasteiger partial charge in [0.15, 0.2) is 0 Å². The number of aryl methyl sites for hydroxylation is 1. The first-order valence-corrected chi connectivity index (χ1v) is 10.3. The number of anilines is 1. The molecule has 1 aliphatic heterocycles. The molecule has 0 radical (unpaired) electrons. The van der Waals surface area contributed by atoms with Crippen LogP contribution in [0.3, 0.4) is 0 Å². The summed E-state index contributed by atoms with van der Waals surface area (Å²) in [4.78, 5) is 15.3. The van der Waals surface area contributed by atoms with E-state index in [1.54, 1.807) is 23.1 Å². The predicted octanol–water partition coefficient (Wildman–Crippen LogP) is 6.06. The van der Waals surface area contributed by atoms with Crippen LogP contribution in [0.1, 0.15) is 28.4 Å². The minimum Gasteiger partial charge on any atom is -0.318 e. The third kappa shape index (κ3) is 3.48. The van der Waals surface area contributed by atoms with Crippen LogP contribution in [0.15, 0.2) is 91.1 Å². The summed E-state index contributed by atoms with van der Waals surface area (Å²) in [7, 11) is 0. The van der Waals surface area contributed by atoms with Gasteiger partial charge >= 0.3 is 6.03 Å². The molecule has 154 valence electrons. The zero-order chi connectivity index (χ0) is 21.4. The van der Waals surface area contributed by atoms with Gasteiger partial charge in [-0.15, -0.1) is 0 Å². The number of hydrogen-bond donors (Lipinski definition) is 1. The Balaban J connectivity index is 1.65. The Morgan fingerprint density at radius 1 is 0.968 bits per heavy atom. The third-order valence-corrected chi connectivity index (χ3v) is 5.70. The molecule has 0 fully saturated rings. The number of amides is 2. The van der Waals surface area contributed by atoms with Gasteiger partial charge in [-0.25, -0.2) is 9.18 Å². The van der Waals surface area contributed by atoms with Crippen molar-refractivity contribution in [2.24, 2.45) is 0 Å². The number of benzene rings is 3. The van der Waals surface area contributed by atoms with E-state index in [1.165, 1.54) is 6.07 Å². The first-order chi connectivity index (χ1) is 15.1. The maximum atomic E-state index is 14.3. The van der Waals surface area contributed by atoms with Gasteiger partial charge in [-0.3, -0.25) is 0 Å². The molecule has 0 saturated heterocycles. The molecule has 0 aliphatic carbocycles. The summed E-state index contributed by atoms with van der Waals surface area (Å²) in [5, 5.41) is 2.78. The van der Waals surface area contributed by atoms with Crippen LogP contribution in [0.25, 0.3) is 5.69 Å². The maximum Gasteiger partial charge on any atom is 0.323 e. The van der Waals surface area contributed by atoms with Crippen molar-refractivity contribution in [3.05, 3.63) is 119 Å². The molecule has 1 atom stereocenters. The van der Waals surface area contributed by atoms with E-state index in [4.69, 9.17) is 0 Å². The largest absolute Gasteiger partial charge is 0.323 e. The van der Waals surface area contributed by atoms with Crippen LogP contribution in [0, 0.1) is 12.7 Å². The van der Waals surface area contributed by atoms with Crippen molar-refractivity contribution in [1.82, 2.24) is 9.47 Å². The van der Waals surface area contributed by atoms with Gasteiger partial charge in [0.25, 0.3) is 0 Å². The number of nitrogens with zero attached hydrogens (tertiary/aromatic N) is 2. The molecular formula is C26H22FN3O. The standard InChI is InChI=1S/C26H22FN3O/c1-18-8-6-10-19(16-18)25-24-14-7-15-29(24)23-13-5-2-9-20(23)17-30(25)26(31)28-22-12-4-3-11-21(22)27/h2-16,25H,17H2,1H3,(H,28,31)/t25-/m1/s1. The van der Waals surface area contributed by atoms with Crippen LogP contribution in [0.5, 0.6) is 0 Å². The fourth-order valence-electron chi connectivity index (χ4n) is 4.28. The summed E-state index contributed by atoms with van der Waals surface area (Å²) >= 11 is 0. The van der Waals surface area contributed by atoms with Gasteiger partial charge < -0.3 is 14.8 Å². The summed E-state index contributed by atoms with van der Waals surface area (Å²) in [5.74, 6) is -0.457. The quantitative estimate of drug-likeness (QED) is 0.428. The van der Waals surface area contributed by atoms with Gasteiger partial charge in [0.1, 0.15) is 5.82 Å². The smallest absolute Gasteiger partial charge is 0.318 e. The Kier molecular flexibility index (Phi) is 4.79. The van der Waals surface area contributed by atoms with Crippen LogP contribution in [0.2, 0.25) is 0 Å². The molecule has 2 heterocycles. The molecule has 5 heteroatoms. The van der Waals surface area contributed by atoms with Gasteiger partial charge in [0.2, 0.25) is 0 Å². The van der Waals surface area contributed by atoms with Crippen molar-refractivity contribution >= 4 is 11.7 Å². The van der Waals surface area contributed by atoms with Gasteiger partial charge in [-0.1, -0.05) is 60.2 Å². The van der Waals surface area contributed by atoms with Crippen molar-refractivity contribution in [3.8, 4) is 5.69 Å². The molecule has 0 bridgehead atoms. The van der Waals surface area contributed by atoms with Crippen LogP contribution in [-0.4, -0.2) is 15.5 Å². The fraction of sp³-hybridized carbons (Fsp3) is 0.115. The Hall–Kier alpha value is -3.86. The average Bonchev–Trinajstić information content (AvgIpc) is 3.19. The Morgan fingerprint density at radius 2 is 1.77 bits per heavy atom. The minimum atomic E-state index is -0.457. The summed E-state index contributed by atoms with van der Waals surface area (Å²) in [6, 6.07) is 25.8. The Morgan fingerprint density at radius 3 is 2.61 bits per heavy atom. The Labute approximate surface area is 180 Å². The molecule has 4 nitrogen and oxygen atoms in total. The van der Waals surface area contributed by atoms with Crippen molar-refractivity contribution in [3.63, 3.8) is 0 Å². The molecule has 31 heavy (non-hydrogen) atoms. The van der Waals surface area contributed by atoms with Crippen molar-refractivity contribution in [2.45, 2.75) is 19.5 Å². The second-order valence-electron chi connectivity index (χ2n) is 7.79. The van der Waals surface area contributed by atoms with E-state index < -0.39 is 5.82 Å². The molecule has 1 aliphatic rings. The van der Waals surface area contributed by atoms with E-state index >= 15 is 0 Å². The summed E-state index contributed by atoms with van der Waals surface area (Å²) in [5.41, 5.74) is 5.35. The van der Waals surface area contributed by atoms with Crippen molar-refractivity contribution in [1.29, 1.82) is 0 Å². The molecule has 1 aromatic heterocycles. The number of carbonyl (C=O) groups is 1. The highest BCUT2D eigenvalue weighted by atomic mass is 19.1. The first kappa shape index (κ1) is 19.1. The Bertz CT molecular complexity index is 1260. The lowest BCUT2D eigenvalue weighted by molar-refractivity contribution is 0.194. The molecule has 0 unspecified atom stereocenters. The number of carbonyl (C=O) groups excluding carboxylic acids is 1. The van der Waals surface area contributed by atoms with E-state index in [2.05, 4.69) is 22.0 Å². The molecule has 2 amide bonds. The van der Waals surface area contributed by atoms with Crippen LogP contribution in [-0.2, 0) is 6.54 Å². The highest BCUT2D eigenvalue weighted by Crippen LogP contribution is 2.37. The van der Waals surface area contributed by atoms with E-state index in [-0.39, 0.29) is 17.8 Å². The topological polar surface area (TPSA) is 37.3 Å². The second-order valence-corrected chi connectivity index (χ2v) is 7.79. The number of hydrogen-bond acceptors (Lipinski definition) is 1. The van der Waals surface area contributed by atoms with Gasteiger partial charge in [0.05, 0.1) is 24.0 Å². The highest BCUT2D eigenvalue weighted by Gasteiger charge is 2.33. The monoisotopic (exact) mass is 411 g/mol. The molecular weight excluding hydrogens is 389 g/mol. The molecule has 5 rings (SSSR count). The van der Waals surface area contributed by atoms with E-state index in [1.807, 2.05) is 61.7 Å². The fourth-order valence-corrected chi connectivity index (χ4v) is 4.28. The lowest BCUT2D eigenvalue weighted by Gasteiger charge is -2.31. The van der Waals surface area contributed by atoms with Crippen LogP contribution < -0.4 is 5.32 Å². The van der Waals surface area contributed by atoms with Gasteiger partial charge in [-0.2, -0.15) is 0 Å². The first-order valence-electron chi connectivity index (χ1n) is 10.3. The number of nitrogens with one attached hydrogen (secondary N) is 1. The summed E-state index contributed by atoms with van der Waals surface area (Å²) in [6.45, 7) is 2.44. The molecule has 4 aromatic rings. The van der Waals surface area contributed by atoms with E-state index in [0.717, 1.165) is 28.1 Å². The highest BCUT2D eigenvalue weighted by molar-refractivity contribution is 5.90. The molecule has 1 N–H and O–H groups in total. The lowest BCUT2D eigenvalue weighted by Crippen LogP contribution is -2.38. The number of rotatable bonds is 2. The molecule has 0 saturated carbocycles. The van der Waals surface area contributed by atoms with E-state index in [9.17, 15) is 9.18 Å². The average molecular weight is 411 g/mol. The number of fused-ring (bicyclic) bond motifs is 3. The van der Waals surface area contributed by atoms with Crippen LogP contribution >= 0.6 is 0 Å². The minimum absolute atomic E-state index is 0.170. The van der Waals surface area contributed by atoms with Crippen molar-refractivity contribution < 1.29 is 9.18 Å². The lowest BCUT2D eigenvalue weighted by atomic mass is 10.00. The second kappa shape index (κ2) is 7.76. The molecule has 3 aromatic carbocycles. The normalized spacial score (nSPS) is 15.0.